The van der Waals surface area contributed by atoms with E-state index in [0.717, 1.165) is 11.3 Å². The van der Waals surface area contributed by atoms with Crippen molar-refractivity contribution in [2.75, 3.05) is 19.6 Å². The molecule has 16 heavy (non-hydrogen) atoms. The molecule has 0 radical (unpaired) electrons. The van der Waals surface area contributed by atoms with Crippen LogP contribution in [0.3, 0.4) is 0 Å². The Morgan fingerprint density at radius 2 is 2.25 bits per heavy atom. The van der Waals surface area contributed by atoms with Crippen molar-refractivity contribution in [2.24, 2.45) is 7.05 Å². The lowest BCUT2D eigenvalue weighted by molar-refractivity contribution is 0.172. The Bertz CT molecular complexity index is 341. The number of aryl methyl sites for hydroxylation is 2. The molecule has 1 unspecified atom stereocenters. The fourth-order valence-electron chi connectivity index (χ4n) is 1.48. The fraction of sp³-hybridized carbons (Fsp3) is 0.700. The number of nitrogens with one attached hydrogen (secondary N) is 1. The van der Waals surface area contributed by atoms with Crippen LogP contribution in [0, 0.1) is 6.92 Å². The first-order chi connectivity index (χ1) is 7.60. The number of rotatable bonds is 6. The number of methoxy groups -OCH3 is 1. The zero-order chi connectivity index (χ0) is 12.1. The Morgan fingerprint density at radius 3 is 2.69 bits per heavy atom. The number of hydrogen-bond acceptors (Lipinski definition) is 3. The first kappa shape index (κ1) is 13.8. The van der Waals surface area contributed by atoms with Crippen molar-refractivity contribution in [1.82, 2.24) is 15.1 Å². The monoisotopic (exact) mass is 265 g/mol. The van der Waals surface area contributed by atoms with Crippen LogP contribution in [0.2, 0.25) is 5.15 Å². The Morgan fingerprint density at radius 1 is 1.56 bits per heavy atom. The second kappa shape index (κ2) is 6.45. The van der Waals surface area contributed by atoms with Crippen LogP contribution in [0.25, 0.3) is 0 Å². The van der Waals surface area contributed by atoms with E-state index in [4.69, 9.17) is 27.9 Å². The third-order valence-corrected chi connectivity index (χ3v) is 3.24. The molecule has 0 spiro atoms. The van der Waals surface area contributed by atoms with E-state index in [1.165, 1.54) is 0 Å². The minimum absolute atomic E-state index is 0.127. The largest absolute Gasteiger partial charge is 0.383 e. The Hall–Kier alpha value is -0.290. The average Bonchev–Trinajstić information content (AvgIpc) is 2.49. The molecular weight excluding hydrogens is 249 g/mol. The summed E-state index contributed by atoms with van der Waals surface area (Å²) < 4.78 is 6.71. The van der Waals surface area contributed by atoms with Crippen molar-refractivity contribution < 1.29 is 4.74 Å². The van der Waals surface area contributed by atoms with Gasteiger partial charge in [-0.1, -0.05) is 11.6 Å². The molecule has 0 saturated carbocycles. The number of alkyl halides is 1. The third kappa shape index (κ3) is 3.35. The molecule has 0 aliphatic carbocycles. The highest BCUT2D eigenvalue weighted by Gasteiger charge is 2.13. The number of halogens is 2. The van der Waals surface area contributed by atoms with E-state index in [-0.39, 0.29) is 6.04 Å². The van der Waals surface area contributed by atoms with Crippen molar-refractivity contribution >= 4 is 23.2 Å². The van der Waals surface area contributed by atoms with Crippen LogP contribution in [0.15, 0.2) is 0 Å². The molecule has 1 aromatic rings. The molecule has 0 amide bonds. The molecule has 1 rings (SSSR count). The van der Waals surface area contributed by atoms with Gasteiger partial charge >= 0.3 is 0 Å². The highest BCUT2D eigenvalue weighted by atomic mass is 35.5. The highest BCUT2D eigenvalue weighted by Crippen LogP contribution is 2.18. The summed E-state index contributed by atoms with van der Waals surface area (Å²) in [4.78, 5) is 0. The van der Waals surface area contributed by atoms with Gasteiger partial charge in [0.2, 0.25) is 0 Å². The molecule has 0 aliphatic heterocycles. The van der Waals surface area contributed by atoms with Gasteiger partial charge in [0.1, 0.15) is 5.15 Å². The van der Waals surface area contributed by atoms with Crippen LogP contribution in [-0.4, -0.2) is 35.4 Å². The van der Waals surface area contributed by atoms with Crippen LogP contribution in [0.4, 0.5) is 0 Å². The van der Waals surface area contributed by atoms with Crippen LogP contribution >= 0.6 is 23.2 Å². The minimum atomic E-state index is 0.127. The summed E-state index contributed by atoms with van der Waals surface area (Å²) in [5.41, 5.74) is 1.95. The van der Waals surface area contributed by atoms with Crippen molar-refractivity contribution in [2.45, 2.75) is 19.5 Å². The maximum Gasteiger partial charge on any atom is 0.131 e. The van der Waals surface area contributed by atoms with E-state index in [9.17, 15) is 0 Å². The summed E-state index contributed by atoms with van der Waals surface area (Å²) in [6, 6.07) is 0.127. The molecule has 0 bridgehead atoms. The van der Waals surface area contributed by atoms with Gasteiger partial charge in [-0.05, 0) is 6.92 Å². The van der Waals surface area contributed by atoms with Gasteiger partial charge in [0.25, 0.3) is 0 Å². The average molecular weight is 266 g/mol. The van der Waals surface area contributed by atoms with Crippen molar-refractivity contribution in [3.05, 3.63) is 16.4 Å². The summed E-state index contributed by atoms with van der Waals surface area (Å²) in [6.45, 7) is 3.18. The van der Waals surface area contributed by atoms with Crippen LogP contribution in [0.5, 0.6) is 0 Å². The first-order valence-electron chi connectivity index (χ1n) is 5.06. The highest BCUT2D eigenvalue weighted by molar-refractivity contribution is 6.30. The fourth-order valence-corrected chi connectivity index (χ4v) is 1.92. The summed E-state index contributed by atoms with van der Waals surface area (Å²) in [7, 11) is 3.48. The Kier molecular flexibility index (Phi) is 5.55. The second-order valence-corrected chi connectivity index (χ2v) is 4.33. The van der Waals surface area contributed by atoms with E-state index in [2.05, 4.69) is 10.4 Å². The Labute approximate surface area is 106 Å². The molecule has 1 N–H and O–H groups in total. The lowest BCUT2D eigenvalue weighted by Gasteiger charge is -2.14. The number of aromatic nitrogens is 2. The van der Waals surface area contributed by atoms with Crippen molar-refractivity contribution in [3.8, 4) is 0 Å². The molecule has 4 nitrogen and oxygen atoms in total. The molecule has 0 aromatic carbocycles. The smallest absolute Gasteiger partial charge is 0.131 e. The summed E-state index contributed by atoms with van der Waals surface area (Å²) in [5.74, 6) is 0.505. The SMILES string of the molecule is COCC(CCl)NCc1c(C)nn(C)c1Cl. The van der Waals surface area contributed by atoms with Crippen molar-refractivity contribution in [1.29, 1.82) is 0 Å². The molecule has 92 valence electrons. The first-order valence-corrected chi connectivity index (χ1v) is 5.97. The molecule has 0 aliphatic rings. The zero-order valence-electron chi connectivity index (χ0n) is 9.76. The van der Waals surface area contributed by atoms with E-state index >= 15 is 0 Å². The van der Waals surface area contributed by atoms with Gasteiger partial charge in [-0.15, -0.1) is 11.6 Å². The van der Waals surface area contributed by atoms with Crippen LogP contribution in [0.1, 0.15) is 11.3 Å². The number of hydrogen-bond donors (Lipinski definition) is 1. The summed E-state index contributed by atoms with van der Waals surface area (Å²) >= 11 is 11.9. The van der Waals surface area contributed by atoms with Gasteiger partial charge in [-0.2, -0.15) is 5.10 Å². The number of ether oxygens (including phenoxy) is 1. The maximum absolute atomic E-state index is 6.11. The van der Waals surface area contributed by atoms with Gasteiger partial charge in [-0.3, -0.25) is 4.68 Å². The van der Waals surface area contributed by atoms with Gasteiger partial charge < -0.3 is 10.1 Å². The van der Waals surface area contributed by atoms with Gasteiger partial charge in [-0.25, -0.2) is 0 Å². The molecule has 1 atom stereocenters. The Balaban J connectivity index is 2.59. The summed E-state index contributed by atoms with van der Waals surface area (Å²) in [5, 5.41) is 8.19. The van der Waals surface area contributed by atoms with E-state index < -0.39 is 0 Å². The quantitative estimate of drug-likeness (QED) is 0.797. The van der Waals surface area contributed by atoms with Crippen LogP contribution in [-0.2, 0) is 18.3 Å². The molecule has 1 aromatic heterocycles. The lowest BCUT2D eigenvalue weighted by Crippen LogP contribution is -2.34. The molecular formula is C10H17Cl2N3O. The number of nitrogens with zero attached hydrogens (tertiary/aromatic N) is 2. The van der Waals surface area contributed by atoms with Crippen LogP contribution < -0.4 is 5.32 Å². The standard InChI is InChI=1S/C10H17Cl2N3O/c1-7-9(10(12)15(2)14-7)5-13-8(4-11)6-16-3/h8,13H,4-6H2,1-3H3. The third-order valence-electron chi connectivity index (χ3n) is 2.39. The molecule has 0 fully saturated rings. The topological polar surface area (TPSA) is 39.1 Å². The zero-order valence-corrected chi connectivity index (χ0v) is 11.3. The summed E-state index contributed by atoms with van der Waals surface area (Å²) in [6.07, 6.45) is 0. The van der Waals surface area contributed by atoms with E-state index in [0.29, 0.717) is 24.2 Å². The maximum atomic E-state index is 6.11. The normalized spacial score (nSPS) is 13.1. The van der Waals surface area contributed by atoms with Gasteiger partial charge in [0.05, 0.1) is 12.3 Å². The molecule has 0 saturated heterocycles. The molecule has 1 heterocycles. The van der Waals surface area contributed by atoms with Crippen molar-refractivity contribution in [3.63, 3.8) is 0 Å². The second-order valence-electron chi connectivity index (χ2n) is 3.67. The predicted octanol–water partition coefficient (Wildman–Crippen LogP) is 1.73. The minimum Gasteiger partial charge on any atom is -0.383 e. The lowest BCUT2D eigenvalue weighted by atomic mass is 10.2. The van der Waals surface area contributed by atoms with Gasteiger partial charge in [0.15, 0.2) is 0 Å². The molecule has 6 heteroatoms. The predicted molar refractivity (Wildman–Crippen MR) is 66.2 cm³/mol. The van der Waals surface area contributed by atoms with E-state index in [1.807, 2.05) is 14.0 Å². The van der Waals surface area contributed by atoms with Gasteiger partial charge in [0, 0.05) is 38.2 Å². The van der Waals surface area contributed by atoms with E-state index in [1.54, 1.807) is 11.8 Å².